The Hall–Kier alpha value is -2.13. The molecule has 4 rings (SSSR count). The molecule has 0 bridgehead atoms. The summed E-state index contributed by atoms with van der Waals surface area (Å²) < 4.78 is 5.73. The largest absolute Gasteiger partial charge is 0.464 e. The lowest BCUT2D eigenvalue weighted by molar-refractivity contribution is -0.150. The lowest BCUT2D eigenvalue weighted by Gasteiger charge is -2.25. The Bertz CT molecular complexity index is 702. The van der Waals surface area contributed by atoms with Crippen LogP contribution in [0.2, 0.25) is 0 Å². The molecular weight excluding hydrogens is 298 g/mol. The van der Waals surface area contributed by atoms with Crippen molar-refractivity contribution in [2.24, 2.45) is 11.7 Å². The second-order valence-corrected chi connectivity index (χ2v) is 6.97. The number of carbonyl (C=O) groups excluding carboxylic acids is 1. The highest BCUT2D eigenvalue weighted by molar-refractivity contribution is 5.79. The molecule has 0 radical (unpaired) electrons. The van der Waals surface area contributed by atoms with E-state index in [0.717, 1.165) is 25.7 Å². The van der Waals surface area contributed by atoms with Gasteiger partial charge in [0.05, 0.1) is 5.92 Å². The number of nitrogens with two attached hydrogens (primary N) is 1. The van der Waals surface area contributed by atoms with E-state index >= 15 is 0 Å². The molecule has 0 aliphatic heterocycles. The van der Waals surface area contributed by atoms with Crippen molar-refractivity contribution in [2.75, 3.05) is 6.61 Å². The third kappa shape index (κ3) is 2.73. The van der Waals surface area contributed by atoms with Crippen molar-refractivity contribution in [1.82, 2.24) is 0 Å². The van der Waals surface area contributed by atoms with E-state index < -0.39 is 0 Å². The van der Waals surface area contributed by atoms with Crippen LogP contribution in [0, 0.1) is 5.92 Å². The topological polar surface area (TPSA) is 52.3 Å². The van der Waals surface area contributed by atoms with Gasteiger partial charge in [-0.2, -0.15) is 0 Å². The number of hydrogen-bond acceptors (Lipinski definition) is 3. The van der Waals surface area contributed by atoms with Gasteiger partial charge >= 0.3 is 5.97 Å². The fourth-order valence-electron chi connectivity index (χ4n) is 4.08. The monoisotopic (exact) mass is 321 g/mol. The maximum atomic E-state index is 12.4. The van der Waals surface area contributed by atoms with Crippen molar-refractivity contribution in [3.05, 3.63) is 59.7 Å². The average molecular weight is 321 g/mol. The third-order valence-electron chi connectivity index (χ3n) is 5.46. The first-order valence-corrected chi connectivity index (χ1v) is 8.84. The molecule has 3 heteroatoms. The van der Waals surface area contributed by atoms with E-state index in [1.165, 1.54) is 22.3 Å². The average Bonchev–Trinajstić information content (AvgIpc) is 2.94. The van der Waals surface area contributed by atoms with E-state index in [0.29, 0.717) is 6.61 Å². The van der Waals surface area contributed by atoms with Crippen LogP contribution in [-0.4, -0.2) is 18.6 Å². The third-order valence-corrected chi connectivity index (χ3v) is 5.46. The van der Waals surface area contributed by atoms with Crippen LogP contribution < -0.4 is 5.73 Å². The number of ether oxygens (including phenoxy) is 1. The van der Waals surface area contributed by atoms with Crippen LogP contribution in [0.5, 0.6) is 0 Å². The summed E-state index contributed by atoms with van der Waals surface area (Å²) in [5.41, 5.74) is 11.0. The summed E-state index contributed by atoms with van der Waals surface area (Å²) in [5, 5.41) is 0. The Morgan fingerprint density at radius 3 is 2.04 bits per heavy atom. The molecule has 0 amide bonds. The summed E-state index contributed by atoms with van der Waals surface area (Å²) in [4.78, 5) is 12.4. The van der Waals surface area contributed by atoms with Gasteiger partial charge < -0.3 is 10.5 Å². The maximum absolute atomic E-state index is 12.4. The Morgan fingerprint density at radius 2 is 1.46 bits per heavy atom. The second kappa shape index (κ2) is 6.40. The maximum Gasteiger partial charge on any atom is 0.308 e. The summed E-state index contributed by atoms with van der Waals surface area (Å²) in [6, 6.07) is 17.1. The Balaban J connectivity index is 1.50. The summed E-state index contributed by atoms with van der Waals surface area (Å²) in [6.45, 7) is 0.426. The Labute approximate surface area is 142 Å². The van der Waals surface area contributed by atoms with Gasteiger partial charge in [-0.25, -0.2) is 0 Å². The zero-order valence-corrected chi connectivity index (χ0v) is 13.8. The van der Waals surface area contributed by atoms with Gasteiger partial charge in [-0.3, -0.25) is 4.79 Å². The first-order chi connectivity index (χ1) is 11.7. The fraction of sp³-hybridized carbons (Fsp3) is 0.381. The molecule has 0 heterocycles. The van der Waals surface area contributed by atoms with Gasteiger partial charge in [0, 0.05) is 12.0 Å². The number of benzene rings is 2. The van der Waals surface area contributed by atoms with E-state index in [9.17, 15) is 4.79 Å². The van der Waals surface area contributed by atoms with E-state index in [1.54, 1.807) is 0 Å². The van der Waals surface area contributed by atoms with Crippen molar-refractivity contribution in [3.8, 4) is 11.1 Å². The van der Waals surface area contributed by atoms with Crippen LogP contribution in [0.4, 0.5) is 0 Å². The van der Waals surface area contributed by atoms with Crippen LogP contribution in [0.3, 0.4) is 0 Å². The van der Waals surface area contributed by atoms with Crippen molar-refractivity contribution in [3.63, 3.8) is 0 Å². The van der Waals surface area contributed by atoms with Gasteiger partial charge in [-0.15, -0.1) is 0 Å². The van der Waals surface area contributed by atoms with E-state index in [4.69, 9.17) is 10.5 Å². The molecule has 2 aliphatic carbocycles. The van der Waals surface area contributed by atoms with Gasteiger partial charge in [0.15, 0.2) is 0 Å². The van der Waals surface area contributed by atoms with Crippen LogP contribution >= 0.6 is 0 Å². The zero-order chi connectivity index (χ0) is 16.5. The second-order valence-electron chi connectivity index (χ2n) is 6.97. The SMILES string of the molecule is NC1CCC(C(=O)OCC2c3ccccc3-c3ccccc32)CC1. The van der Waals surface area contributed by atoms with Crippen molar-refractivity contribution < 1.29 is 9.53 Å². The molecule has 1 saturated carbocycles. The van der Waals surface area contributed by atoms with Gasteiger partial charge in [0.1, 0.15) is 6.61 Å². The first-order valence-electron chi connectivity index (χ1n) is 8.84. The lowest BCUT2D eigenvalue weighted by atomic mass is 9.86. The molecule has 0 atom stereocenters. The zero-order valence-electron chi connectivity index (χ0n) is 13.8. The Morgan fingerprint density at radius 1 is 0.917 bits per heavy atom. The smallest absolute Gasteiger partial charge is 0.308 e. The van der Waals surface area contributed by atoms with Gasteiger partial charge in [-0.05, 0) is 47.9 Å². The first kappa shape index (κ1) is 15.4. The molecule has 0 saturated heterocycles. The summed E-state index contributed by atoms with van der Waals surface area (Å²) in [6.07, 6.45) is 3.57. The fourth-order valence-corrected chi connectivity index (χ4v) is 4.08. The molecule has 0 aromatic heterocycles. The summed E-state index contributed by atoms with van der Waals surface area (Å²) in [5.74, 6) is 0.118. The normalized spacial score (nSPS) is 22.7. The van der Waals surface area contributed by atoms with Gasteiger partial charge in [-0.1, -0.05) is 48.5 Å². The highest BCUT2D eigenvalue weighted by Gasteiger charge is 2.31. The molecule has 24 heavy (non-hydrogen) atoms. The quantitative estimate of drug-likeness (QED) is 0.873. The number of esters is 1. The molecule has 3 nitrogen and oxygen atoms in total. The van der Waals surface area contributed by atoms with Crippen LogP contribution in [-0.2, 0) is 9.53 Å². The van der Waals surface area contributed by atoms with Crippen molar-refractivity contribution in [2.45, 2.75) is 37.6 Å². The minimum Gasteiger partial charge on any atom is -0.464 e. The molecule has 2 N–H and O–H groups in total. The predicted octanol–water partition coefficient (Wildman–Crippen LogP) is 3.86. The molecule has 2 aromatic rings. The Kier molecular flexibility index (Phi) is 4.11. The summed E-state index contributed by atoms with van der Waals surface area (Å²) >= 11 is 0. The molecule has 2 aliphatic rings. The van der Waals surface area contributed by atoms with E-state index in [-0.39, 0.29) is 23.8 Å². The number of rotatable bonds is 3. The van der Waals surface area contributed by atoms with E-state index in [2.05, 4.69) is 48.5 Å². The van der Waals surface area contributed by atoms with Crippen LogP contribution in [0.1, 0.15) is 42.7 Å². The van der Waals surface area contributed by atoms with Gasteiger partial charge in [0.2, 0.25) is 0 Å². The highest BCUT2D eigenvalue weighted by atomic mass is 16.5. The van der Waals surface area contributed by atoms with Crippen molar-refractivity contribution >= 4 is 5.97 Å². The molecule has 2 aromatic carbocycles. The van der Waals surface area contributed by atoms with Gasteiger partial charge in [0.25, 0.3) is 0 Å². The molecular formula is C21H23NO2. The molecule has 1 fully saturated rings. The number of fused-ring (bicyclic) bond motifs is 3. The lowest BCUT2D eigenvalue weighted by Crippen LogP contribution is -2.31. The van der Waals surface area contributed by atoms with Crippen LogP contribution in [0.25, 0.3) is 11.1 Å². The summed E-state index contributed by atoms with van der Waals surface area (Å²) in [7, 11) is 0. The predicted molar refractivity (Wildman–Crippen MR) is 94.6 cm³/mol. The van der Waals surface area contributed by atoms with Crippen molar-refractivity contribution in [1.29, 1.82) is 0 Å². The van der Waals surface area contributed by atoms with Crippen LogP contribution in [0.15, 0.2) is 48.5 Å². The minimum atomic E-state index is -0.0521. The van der Waals surface area contributed by atoms with E-state index in [1.807, 2.05) is 0 Å². The molecule has 124 valence electrons. The molecule has 0 spiro atoms. The molecule has 0 unspecified atom stereocenters. The highest BCUT2D eigenvalue weighted by Crippen LogP contribution is 2.44. The number of hydrogen-bond donors (Lipinski definition) is 1. The minimum absolute atomic E-state index is 0.0247. The number of carbonyl (C=O) groups is 1. The standard InChI is InChI=1S/C21H23NO2/c22-15-11-9-14(10-12-15)21(23)24-13-20-18-7-3-1-5-16(18)17-6-2-4-8-19(17)20/h1-8,14-15,20H,9-13,22H2.